The topological polar surface area (TPSA) is 89.5 Å². The lowest BCUT2D eigenvalue weighted by molar-refractivity contribution is 0.153. The smallest absolute Gasteiger partial charge is 0.258 e. The molecule has 0 spiro atoms. The lowest BCUT2D eigenvalue weighted by Gasteiger charge is -2.19. The predicted molar refractivity (Wildman–Crippen MR) is 76.5 cm³/mol. The molecule has 0 aliphatic heterocycles. The third-order valence-corrected chi connectivity index (χ3v) is 3.19. The van der Waals surface area contributed by atoms with Gasteiger partial charge in [0.2, 0.25) is 0 Å². The summed E-state index contributed by atoms with van der Waals surface area (Å²) >= 11 is 0. The molecule has 20 heavy (non-hydrogen) atoms. The van der Waals surface area contributed by atoms with Crippen LogP contribution in [0.4, 0.5) is 0 Å². The van der Waals surface area contributed by atoms with E-state index in [1.807, 2.05) is 24.0 Å². The number of benzene rings is 1. The van der Waals surface area contributed by atoms with E-state index in [0.29, 0.717) is 36.4 Å². The SMILES string of the molecule is Cc1cccc2c(=O)[nH]c(CN(CCO)CCO)nc12. The summed E-state index contributed by atoms with van der Waals surface area (Å²) in [6, 6.07) is 5.49. The van der Waals surface area contributed by atoms with Crippen LogP contribution in [-0.4, -0.2) is 51.4 Å². The molecule has 1 aromatic heterocycles. The Hall–Kier alpha value is -1.76. The van der Waals surface area contributed by atoms with Crippen molar-refractivity contribution in [1.29, 1.82) is 0 Å². The van der Waals surface area contributed by atoms with Crippen molar-refractivity contribution in [1.82, 2.24) is 14.9 Å². The van der Waals surface area contributed by atoms with Crippen LogP contribution in [0.3, 0.4) is 0 Å². The van der Waals surface area contributed by atoms with E-state index in [0.717, 1.165) is 5.56 Å². The molecule has 0 amide bonds. The summed E-state index contributed by atoms with van der Waals surface area (Å²) in [7, 11) is 0. The molecule has 0 saturated heterocycles. The van der Waals surface area contributed by atoms with Gasteiger partial charge in [-0.25, -0.2) is 4.98 Å². The highest BCUT2D eigenvalue weighted by Gasteiger charge is 2.10. The number of nitrogens with one attached hydrogen (secondary N) is 1. The van der Waals surface area contributed by atoms with Crippen LogP contribution in [-0.2, 0) is 6.54 Å². The van der Waals surface area contributed by atoms with Gasteiger partial charge in [0.15, 0.2) is 0 Å². The normalized spacial score (nSPS) is 11.4. The second-order valence-electron chi connectivity index (χ2n) is 4.71. The molecule has 0 aliphatic carbocycles. The minimum absolute atomic E-state index is 0.00313. The van der Waals surface area contributed by atoms with Gasteiger partial charge in [-0.15, -0.1) is 0 Å². The van der Waals surface area contributed by atoms with E-state index in [-0.39, 0.29) is 18.8 Å². The Morgan fingerprint density at radius 1 is 1.25 bits per heavy atom. The van der Waals surface area contributed by atoms with Gasteiger partial charge in [0.1, 0.15) is 5.82 Å². The van der Waals surface area contributed by atoms with E-state index in [1.54, 1.807) is 6.07 Å². The molecule has 2 rings (SSSR count). The van der Waals surface area contributed by atoms with Crippen LogP contribution in [0.1, 0.15) is 11.4 Å². The van der Waals surface area contributed by atoms with Gasteiger partial charge in [-0.05, 0) is 18.6 Å². The van der Waals surface area contributed by atoms with Crippen molar-refractivity contribution in [3.05, 3.63) is 39.9 Å². The Kier molecular flexibility index (Phi) is 4.84. The summed E-state index contributed by atoms with van der Waals surface area (Å²) in [4.78, 5) is 21.1. The number of H-pyrrole nitrogens is 1. The summed E-state index contributed by atoms with van der Waals surface area (Å²) in [5, 5.41) is 18.6. The number of rotatable bonds is 6. The van der Waals surface area contributed by atoms with E-state index >= 15 is 0 Å². The highest BCUT2D eigenvalue weighted by molar-refractivity contribution is 5.80. The van der Waals surface area contributed by atoms with Gasteiger partial charge in [0.25, 0.3) is 5.56 Å². The van der Waals surface area contributed by atoms with E-state index in [2.05, 4.69) is 9.97 Å². The highest BCUT2D eigenvalue weighted by atomic mass is 16.3. The molecule has 0 bridgehead atoms. The maximum Gasteiger partial charge on any atom is 0.258 e. The first kappa shape index (κ1) is 14.6. The number of para-hydroxylation sites is 1. The third-order valence-electron chi connectivity index (χ3n) is 3.19. The van der Waals surface area contributed by atoms with Crippen molar-refractivity contribution in [2.75, 3.05) is 26.3 Å². The van der Waals surface area contributed by atoms with Gasteiger partial charge in [-0.3, -0.25) is 9.69 Å². The summed E-state index contributed by atoms with van der Waals surface area (Å²) in [6.07, 6.45) is 0. The Bertz CT molecular complexity index is 633. The maximum atomic E-state index is 12.0. The molecule has 0 saturated carbocycles. The maximum absolute atomic E-state index is 12.0. The molecule has 1 aromatic carbocycles. The first-order chi connectivity index (χ1) is 9.65. The van der Waals surface area contributed by atoms with Crippen molar-refractivity contribution in [3.8, 4) is 0 Å². The fourth-order valence-electron chi connectivity index (χ4n) is 2.19. The van der Waals surface area contributed by atoms with E-state index < -0.39 is 0 Å². The van der Waals surface area contributed by atoms with Crippen LogP contribution in [0.25, 0.3) is 10.9 Å². The summed E-state index contributed by atoms with van der Waals surface area (Å²) in [5.74, 6) is 0.540. The minimum atomic E-state index is -0.165. The summed E-state index contributed by atoms with van der Waals surface area (Å²) in [5.41, 5.74) is 1.48. The molecule has 0 aliphatic rings. The minimum Gasteiger partial charge on any atom is -0.395 e. The van der Waals surface area contributed by atoms with Gasteiger partial charge in [-0.2, -0.15) is 0 Å². The Labute approximate surface area is 116 Å². The van der Waals surface area contributed by atoms with Crippen LogP contribution < -0.4 is 5.56 Å². The number of aromatic nitrogens is 2. The number of fused-ring (bicyclic) bond motifs is 1. The van der Waals surface area contributed by atoms with Gasteiger partial charge in [0.05, 0.1) is 30.7 Å². The molecule has 0 unspecified atom stereocenters. The van der Waals surface area contributed by atoms with E-state index in [9.17, 15) is 4.79 Å². The largest absolute Gasteiger partial charge is 0.395 e. The van der Waals surface area contributed by atoms with Gasteiger partial charge >= 0.3 is 0 Å². The first-order valence-electron chi connectivity index (χ1n) is 6.58. The molecular weight excluding hydrogens is 258 g/mol. The molecule has 0 radical (unpaired) electrons. The standard InChI is InChI=1S/C14H19N3O3/c1-10-3-2-4-11-13(10)15-12(16-14(11)20)9-17(5-7-18)6-8-19/h2-4,18-19H,5-9H2,1H3,(H,15,16,20). The van der Waals surface area contributed by atoms with Crippen molar-refractivity contribution in [2.45, 2.75) is 13.5 Å². The number of hydrogen-bond donors (Lipinski definition) is 3. The number of aliphatic hydroxyl groups is 2. The number of hydrogen-bond acceptors (Lipinski definition) is 5. The van der Waals surface area contributed by atoms with Crippen LogP contribution in [0.15, 0.2) is 23.0 Å². The molecule has 3 N–H and O–H groups in total. The lowest BCUT2D eigenvalue weighted by Crippen LogP contribution is -2.31. The van der Waals surface area contributed by atoms with Crippen molar-refractivity contribution in [2.24, 2.45) is 0 Å². The number of nitrogens with zero attached hydrogens (tertiary/aromatic N) is 2. The predicted octanol–water partition coefficient (Wildman–Crippen LogP) is 0.0181. The molecule has 6 heteroatoms. The number of aryl methyl sites for hydroxylation is 1. The van der Waals surface area contributed by atoms with E-state index in [4.69, 9.17) is 10.2 Å². The zero-order valence-corrected chi connectivity index (χ0v) is 11.5. The van der Waals surface area contributed by atoms with Crippen LogP contribution in [0.5, 0.6) is 0 Å². The van der Waals surface area contributed by atoms with Crippen LogP contribution in [0.2, 0.25) is 0 Å². The monoisotopic (exact) mass is 277 g/mol. The highest BCUT2D eigenvalue weighted by Crippen LogP contribution is 2.12. The van der Waals surface area contributed by atoms with Crippen molar-refractivity contribution < 1.29 is 10.2 Å². The third kappa shape index (κ3) is 3.22. The van der Waals surface area contributed by atoms with Crippen LogP contribution in [0, 0.1) is 6.92 Å². The lowest BCUT2D eigenvalue weighted by atomic mass is 10.1. The Morgan fingerprint density at radius 3 is 2.60 bits per heavy atom. The zero-order chi connectivity index (χ0) is 14.5. The molecule has 108 valence electrons. The Balaban J connectivity index is 2.35. The second-order valence-corrected chi connectivity index (χ2v) is 4.71. The molecule has 1 heterocycles. The first-order valence-corrected chi connectivity index (χ1v) is 6.58. The molecule has 0 fully saturated rings. The molecule has 6 nitrogen and oxygen atoms in total. The van der Waals surface area contributed by atoms with Crippen LogP contribution >= 0.6 is 0 Å². The molecular formula is C14H19N3O3. The fraction of sp³-hybridized carbons (Fsp3) is 0.429. The van der Waals surface area contributed by atoms with Crippen molar-refractivity contribution in [3.63, 3.8) is 0 Å². The molecule has 0 atom stereocenters. The van der Waals surface area contributed by atoms with Gasteiger partial charge < -0.3 is 15.2 Å². The average Bonchev–Trinajstić information content (AvgIpc) is 2.41. The zero-order valence-electron chi connectivity index (χ0n) is 11.5. The van der Waals surface area contributed by atoms with Gasteiger partial charge in [0, 0.05) is 13.1 Å². The van der Waals surface area contributed by atoms with E-state index in [1.165, 1.54) is 0 Å². The average molecular weight is 277 g/mol. The summed E-state index contributed by atoms with van der Waals surface area (Å²) in [6.45, 7) is 3.15. The second kappa shape index (κ2) is 6.60. The van der Waals surface area contributed by atoms with Gasteiger partial charge in [-0.1, -0.05) is 12.1 Å². The molecule has 2 aromatic rings. The number of aliphatic hydroxyl groups excluding tert-OH is 2. The number of aromatic amines is 1. The summed E-state index contributed by atoms with van der Waals surface area (Å²) < 4.78 is 0. The van der Waals surface area contributed by atoms with Crippen molar-refractivity contribution >= 4 is 10.9 Å². The quantitative estimate of drug-likeness (QED) is 0.692. The Morgan fingerprint density at radius 2 is 1.95 bits per heavy atom. The fourth-order valence-corrected chi connectivity index (χ4v) is 2.19.